The Hall–Kier alpha value is -2.35. The number of hydrogen-bond donors (Lipinski definition) is 0. The molecule has 0 saturated carbocycles. The summed E-state index contributed by atoms with van der Waals surface area (Å²) in [6.07, 6.45) is 5.67. The van der Waals surface area contributed by atoms with E-state index in [-0.39, 0.29) is 5.82 Å². The summed E-state index contributed by atoms with van der Waals surface area (Å²) in [6.45, 7) is 3.72. The average molecular weight is 324 g/mol. The van der Waals surface area contributed by atoms with Gasteiger partial charge < -0.3 is 9.47 Å². The van der Waals surface area contributed by atoms with Gasteiger partial charge >= 0.3 is 0 Å². The molecule has 0 radical (unpaired) electrons. The summed E-state index contributed by atoms with van der Waals surface area (Å²) in [4.78, 5) is 6.86. The molecule has 124 valence electrons. The number of nitrogens with zero attached hydrogens (tertiary/aromatic N) is 4. The van der Waals surface area contributed by atoms with Crippen LogP contribution in [0.5, 0.6) is 0 Å². The number of halogens is 1. The molecular weight excluding hydrogens is 303 g/mol. The van der Waals surface area contributed by atoms with Crippen LogP contribution >= 0.6 is 0 Å². The zero-order valence-electron chi connectivity index (χ0n) is 13.9. The lowest BCUT2D eigenvalue weighted by Gasteiger charge is -2.22. The lowest BCUT2D eigenvalue weighted by molar-refractivity contribution is 0.504. The molecule has 1 saturated heterocycles. The second-order valence-electron chi connectivity index (χ2n) is 6.80. The summed E-state index contributed by atoms with van der Waals surface area (Å²) >= 11 is 0. The standard InChI is InChI=1S/C19H21FN4/c1-13-22-17-4-2-3-5-19(17)24(13)15-8-9-23(12-15)18-7-6-14(11-21)10-16(18)20/h6-7,10,15H,2-5,8-9,12H2,1H3/t15-/m0/s1. The summed E-state index contributed by atoms with van der Waals surface area (Å²) in [5.74, 6) is 0.785. The van der Waals surface area contributed by atoms with Gasteiger partial charge in [-0.05, 0) is 57.2 Å². The van der Waals surface area contributed by atoms with Crippen molar-refractivity contribution in [3.05, 3.63) is 46.8 Å². The van der Waals surface area contributed by atoms with Gasteiger partial charge in [0.05, 0.1) is 29.1 Å². The fraction of sp³-hybridized carbons (Fsp3) is 0.474. The monoisotopic (exact) mass is 324 g/mol. The van der Waals surface area contributed by atoms with E-state index < -0.39 is 0 Å². The van der Waals surface area contributed by atoms with Crippen molar-refractivity contribution in [1.82, 2.24) is 9.55 Å². The van der Waals surface area contributed by atoms with E-state index in [9.17, 15) is 4.39 Å². The molecule has 1 aliphatic carbocycles. The molecule has 1 aliphatic heterocycles. The lowest BCUT2D eigenvalue weighted by atomic mass is 10.0. The highest BCUT2D eigenvalue weighted by atomic mass is 19.1. The lowest BCUT2D eigenvalue weighted by Crippen LogP contribution is -2.23. The average Bonchev–Trinajstić information content (AvgIpc) is 3.17. The summed E-state index contributed by atoms with van der Waals surface area (Å²) in [6, 6.07) is 7.09. The van der Waals surface area contributed by atoms with E-state index in [4.69, 9.17) is 10.2 Å². The molecule has 2 aromatic rings. The molecule has 0 N–H and O–H groups in total. The first-order chi connectivity index (χ1) is 11.7. The molecule has 1 aromatic carbocycles. The van der Waals surface area contributed by atoms with Crippen LogP contribution in [0.3, 0.4) is 0 Å². The van der Waals surface area contributed by atoms with E-state index in [1.54, 1.807) is 12.1 Å². The van der Waals surface area contributed by atoms with Crippen LogP contribution in [0.2, 0.25) is 0 Å². The minimum Gasteiger partial charge on any atom is -0.367 e. The van der Waals surface area contributed by atoms with Crippen LogP contribution in [0.1, 0.15) is 48.1 Å². The van der Waals surface area contributed by atoms with Crippen molar-refractivity contribution >= 4 is 5.69 Å². The highest BCUT2D eigenvalue weighted by Gasteiger charge is 2.30. The molecule has 4 nitrogen and oxygen atoms in total. The Kier molecular flexibility index (Phi) is 3.76. The molecule has 1 atom stereocenters. The maximum Gasteiger partial charge on any atom is 0.147 e. The van der Waals surface area contributed by atoms with Gasteiger partial charge in [0.25, 0.3) is 0 Å². The van der Waals surface area contributed by atoms with Crippen LogP contribution in [-0.2, 0) is 12.8 Å². The largest absolute Gasteiger partial charge is 0.367 e. The SMILES string of the molecule is Cc1nc2c(n1[C@H]1CCN(c3ccc(C#N)cc3F)C1)CCCC2. The first-order valence-electron chi connectivity index (χ1n) is 8.68. The zero-order chi connectivity index (χ0) is 16.7. The van der Waals surface area contributed by atoms with E-state index in [0.717, 1.165) is 38.2 Å². The highest BCUT2D eigenvalue weighted by molar-refractivity contribution is 5.52. The number of rotatable bonds is 2. The smallest absolute Gasteiger partial charge is 0.147 e. The zero-order valence-corrected chi connectivity index (χ0v) is 13.9. The summed E-state index contributed by atoms with van der Waals surface area (Å²) in [5, 5.41) is 8.89. The minimum absolute atomic E-state index is 0.306. The number of hydrogen-bond acceptors (Lipinski definition) is 3. The molecule has 0 bridgehead atoms. The molecule has 0 unspecified atom stereocenters. The summed E-state index contributed by atoms with van der Waals surface area (Å²) in [5.41, 5.74) is 3.63. The number of anilines is 1. The van der Waals surface area contributed by atoms with Gasteiger partial charge in [-0.1, -0.05) is 0 Å². The molecule has 0 spiro atoms. The van der Waals surface area contributed by atoms with Crippen molar-refractivity contribution < 1.29 is 4.39 Å². The van der Waals surface area contributed by atoms with Crippen molar-refractivity contribution in [2.45, 2.75) is 45.1 Å². The van der Waals surface area contributed by atoms with Crippen LogP contribution in [-0.4, -0.2) is 22.6 Å². The van der Waals surface area contributed by atoms with E-state index in [1.807, 2.05) is 6.07 Å². The Morgan fingerprint density at radius 1 is 1.29 bits per heavy atom. The van der Waals surface area contributed by atoms with Crippen molar-refractivity contribution in [3.63, 3.8) is 0 Å². The number of fused-ring (bicyclic) bond motifs is 1. The fourth-order valence-corrected chi connectivity index (χ4v) is 4.19. The molecule has 5 heteroatoms. The van der Waals surface area contributed by atoms with Crippen LogP contribution < -0.4 is 4.90 Å². The van der Waals surface area contributed by atoms with Crippen molar-refractivity contribution in [1.29, 1.82) is 5.26 Å². The van der Waals surface area contributed by atoms with Gasteiger partial charge in [-0.25, -0.2) is 9.37 Å². The second kappa shape index (κ2) is 5.94. The number of aryl methyl sites for hydroxylation is 2. The van der Waals surface area contributed by atoms with Crippen LogP contribution in [0.25, 0.3) is 0 Å². The first kappa shape index (κ1) is 15.2. The predicted octanol–water partition coefficient (Wildman–Crippen LogP) is 3.53. The third kappa shape index (κ3) is 2.47. The highest BCUT2D eigenvalue weighted by Crippen LogP contribution is 2.33. The van der Waals surface area contributed by atoms with Gasteiger partial charge in [0, 0.05) is 18.8 Å². The Morgan fingerprint density at radius 3 is 2.92 bits per heavy atom. The Morgan fingerprint density at radius 2 is 2.12 bits per heavy atom. The third-order valence-corrected chi connectivity index (χ3v) is 5.29. The molecule has 1 fully saturated rings. The quantitative estimate of drug-likeness (QED) is 0.849. The molecule has 4 rings (SSSR count). The molecule has 1 aromatic heterocycles. The molecule has 24 heavy (non-hydrogen) atoms. The van der Waals surface area contributed by atoms with Crippen molar-refractivity contribution in [2.24, 2.45) is 0 Å². The second-order valence-corrected chi connectivity index (χ2v) is 6.80. The first-order valence-corrected chi connectivity index (χ1v) is 8.68. The number of aromatic nitrogens is 2. The maximum atomic E-state index is 14.3. The van der Waals surface area contributed by atoms with Crippen molar-refractivity contribution in [2.75, 3.05) is 18.0 Å². The van der Waals surface area contributed by atoms with Crippen LogP contribution in [0, 0.1) is 24.1 Å². The number of benzene rings is 1. The van der Waals surface area contributed by atoms with Gasteiger partial charge in [0.15, 0.2) is 0 Å². The van der Waals surface area contributed by atoms with Crippen molar-refractivity contribution in [3.8, 4) is 6.07 Å². The predicted molar refractivity (Wildman–Crippen MR) is 90.6 cm³/mol. The third-order valence-electron chi connectivity index (χ3n) is 5.29. The van der Waals surface area contributed by atoms with Crippen LogP contribution in [0.4, 0.5) is 10.1 Å². The van der Waals surface area contributed by atoms with Crippen LogP contribution in [0.15, 0.2) is 18.2 Å². The molecular formula is C19H21FN4. The van der Waals surface area contributed by atoms with Gasteiger partial charge in [0.1, 0.15) is 11.6 Å². The van der Waals surface area contributed by atoms with Gasteiger partial charge in [-0.2, -0.15) is 5.26 Å². The number of nitriles is 1. The topological polar surface area (TPSA) is 44.9 Å². The molecule has 0 amide bonds. The Bertz CT molecular complexity index is 818. The van der Waals surface area contributed by atoms with Gasteiger partial charge in [0.2, 0.25) is 0 Å². The summed E-state index contributed by atoms with van der Waals surface area (Å²) in [7, 11) is 0. The number of imidazole rings is 1. The minimum atomic E-state index is -0.306. The molecule has 2 aliphatic rings. The fourth-order valence-electron chi connectivity index (χ4n) is 4.19. The normalized spacial score (nSPS) is 20.0. The van der Waals surface area contributed by atoms with Gasteiger partial charge in [-0.15, -0.1) is 0 Å². The van der Waals surface area contributed by atoms with Gasteiger partial charge in [-0.3, -0.25) is 0 Å². The summed E-state index contributed by atoms with van der Waals surface area (Å²) < 4.78 is 16.7. The maximum absolute atomic E-state index is 14.3. The Balaban J connectivity index is 1.60. The van der Waals surface area contributed by atoms with E-state index in [2.05, 4.69) is 16.4 Å². The van der Waals surface area contributed by atoms with E-state index >= 15 is 0 Å². The Labute approximate surface area is 141 Å². The van der Waals surface area contributed by atoms with E-state index in [1.165, 1.54) is 30.3 Å². The van der Waals surface area contributed by atoms with E-state index in [0.29, 0.717) is 17.3 Å². The molecule has 2 heterocycles.